The van der Waals surface area contributed by atoms with Crippen molar-refractivity contribution >= 4 is 5.97 Å². The molecule has 0 amide bonds. The van der Waals surface area contributed by atoms with Gasteiger partial charge in [-0.25, -0.2) is 4.79 Å². The van der Waals surface area contributed by atoms with E-state index in [1.165, 1.54) is 19.2 Å². The first-order valence-electron chi connectivity index (χ1n) is 4.70. The molecule has 0 aliphatic rings. The topological polar surface area (TPSA) is 92.8 Å². The molecule has 0 bridgehead atoms. The number of carboxylic acids is 1. The van der Waals surface area contributed by atoms with Gasteiger partial charge in [-0.15, -0.1) is 0 Å². The third kappa shape index (κ3) is 1.92. The highest BCUT2D eigenvalue weighted by molar-refractivity contribution is 5.86. The molecule has 1 aromatic carbocycles. The number of methoxy groups -OCH3 is 1. The number of hydrogen-bond donors (Lipinski definition) is 2. The van der Waals surface area contributed by atoms with Crippen LogP contribution in [0.4, 0.5) is 0 Å². The molecule has 2 aromatic rings. The molecule has 0 atom stereocenters. The van der Waals surface area contributed by atoms with Gasteiger partial charge in [0.25, 0.3) is 0 Å². The predicted molar refractivity (Wildman–Crippen MR) is 57.1 cm³/mol. The molecule has 2 N–H and O–H groups in total. The molecule has 1 aromatic heterocycles. The first-order valence-corrected chi connectivity index (χ1v) is 4.70. The van der Waals surface area contributed by atoms with Crippen LogP contribution in [0.3, 0.4) is 0 Å². The molecule has 0 unspecified atom stereocenters. The van der Waals surface area contributed by atoms with Crippen molar-refractivity contribution in [3.05, 3.63) is 30.0 Å². The van der Waals surface area contributed by atoms with Crippen LogP contribution in [0, 0.1) is 0 Å². The van der Waals surface area contributed by atoms with E-state index in [0.717, 1.165) is 0 Å². The van der Waals surface area contributed by atoms with Gasteiger partial charge in [-0.3, -0.25) is 0 Å². The van der Waals surface area contributed by atoms with Crippen molar-refractivity contribution in [1.82, 2.24) is 5.16 Å². The summed E-state index contributed by atoms with van der Waals surface area (Å²) < 4.78 is 9.68. The standard InChI is InChI=1S/C11H9NO5/c1-16-8-4-2-3-7(13)10(8)6-5-9(11(14)15)17-12-6/h2-5,13H,1H3,(H,14,15). The lowest BCUT2D eigenvalue weighted by Crippen LogP contribution is -1.92. The Labute approximate surface area is 96.0 Å². The second kappa shape index (κ2) is 4.17. The van der Waals surface area contributed by atoms with Crippen LogP contribution >= 0.6 is 0 Å². The summed E-state index contributed by atoms with van der Waals surface area (Å²) in [6.45, 7) is 0. The third-order valence-corrected chi connectivity index (χ3v) is 2.20. The van der Waals surface area contributed by atoms with Gasteiger partial charge in [0.05, 0.1) is 12.7 Å². The van der Waals surface area contributed by atoms with Crippen molar-refractivity contribution in [3.8, 4) is 22.8 Å². The van der Waals surface area contributed by atoms with Crippen LogP contribution in [-0.4, -0.2) is 28.4 Å². The van der Waals surface area contributed by atoms with E-state index in [2.05, 4.69) is 9.68 Å². The smallest absolute Gasteiger partial charge is 0.374 e. The van der Waals surface area contributed by atoms with E-state index >= 15 is 0 Å². The fraction of sp³-hybridized carbons (Fsp3) is 0.0909. The molecular weight excluding hydrogens is 226 g/mol. The highest BCUT2D eigenvalue weighted by Crippen LogP contribution is 2.36. The van der Waals surface area contributed by atoms with Gasteiger partial charge in [0.15, 0.2) is 0 Å². The summed E-state index contributed by atoms with van der Waals surface area (Å²) in [4.78, 5) is 10.7. The molecule has 0 saturated heterocycles. The molecule has 0 radical (unpaired) electrons. The zero-order valence-corrected chi connectivity index (χ0v) is 8.88. The van der Waals surface area contributed by atoms with Crippen molar-refractivity contribution in [2.75, 3.05) is 7.11 Å². The van der Waals surface area contributed by atoms with E-state index in [4.69, 9.17) is 9.84 Å². The zero-order valence-electron chi connectivity index (χ0n) is 8.88. The van der Waals surface area contributed by atoms with Crippen molar-refractivity contribution in [2.45, 2.75) is 0 Å². The minimum Gasteiger partial charge on any atom is -0.507 e. The number of hydrogen-bond acceptors (Lipinski definition) is 5. The number of ether oxygens (including phenoxy) is 1. The van der Waals surface area contributed by atoms with Gasteiger partial charge in [0.2, 0.25) is 5.76 Å². The van der Waals surface area contributed by atoms with Crippen molar-refractivity contribution in [1.29, 1.82) is 0 Å². The average molecular weight is 235 g/mol. The number of aromatic hydroxyl groups is 1. The summed E-state index contributed by atoms with van der Waals surface area (Å²) in [5.74, 6) is -1.20. The van der Waals surface area contributed by atoms with E-state index in [-0.39, 0.29) is 17.2 Å². The highest BCUT2D eigenvalue weighted by Gasteiger charge is 2.18. The van der Waals surface area contributed by atoms with Crippen LogP contribution in [0.1, 0.15) is 10.6 Å². The second-order valence-electron chi connectivity index (χ2n) is 3.24. The molecule has 0 fully saturated rings. The largest absolute Gasteiger partial charge is 0.507 e. The number of aromatic nitrogens is 1. The fourth-order valence-corrected chi connectivity index (χ4v) is 1.44. The van der Waals surface area contributed by atoms with Gasteiger partial charge in [0, 0.05) is 6.07 Å². The summed E-state index contributed by atoms with van der Waals surface area (Å²) >= 11 is 0. The summed E-state index contributed by atoms with van der Waals surface area (Å²) in [6.07, 6.45) is 0. The Balaban J connectivity index is 2.55. The van der Waals surface area contributed by atoms with Crippen LogP contribution < -0.4 is 4.74 Å². The van der Waals surface area contributed by atoms with E-state index in [1.54, 1.807) is 12.1 Å². The number of phenols is 1. The van der Waals surface area contributed by atoms with E-state index < -0.39 is 5.97 Å². The summed E-state index contributed by atoms with van der Waals surface area (Å²) in [6, 6.07) is 5.91. The second-order valence-corrected chi connectivity index (χ2v) is 3.24. The summed E-state index contributed by atoms with van der Waals surface area (Å²) in [5, 5.41) is 22.0. The normalized spacial score (nSPS) is 10.2. The van der Waals surface area contributed by atoms with Crippen LogP contribution in [-0.2, 0) is 0 Å². The first kappa shape index (κ1) is 11.0. The molecule has 88 valence electrons. The highest BCUT2D eigenvalue weighted by atomic mass is 16.5. The first-order chi connectivity index (χ1) is 8.13. The molecule has 1 heterocycles. The van der Waals surface area contributed by atoms with Gasteiger partial charge in [-0.1, -0.05) is 11.2 Å². The maximum absolute atomic E-state index is 10.7. The van der Waals surface area contributed by atoms with E-state index in [9.17, 15) is 9.90 Å². The number of benzene rings is 1. The van der Waals surface area contributed by atoms with Gasteiger partial charge in [-0.2, -0.15) is 0 Å². The van der Waals surface area contributed by atoms with Gasteiger partial charge in [0.1, 0.15) is 17.2 Å². The summed E-state index contributed by atoms with van der Waals surface area (Å²) in [7, 11) is 1.44. The number of phenolic OH excluding ortho intramolecular Hbond substituents is 1. The fourth-order valence-electron chi connectivity index (χ4n) is 1.44. The predicted octanol–water partition coefficient (Wildman–Crippen LogP) is 1.75. The van der Waals surface area contributed by atoms with Crippen molar-refractivity contribution in [2.24, 2.45) is 0 Å². The molecule has 2 rings (SSSR count). The van der Waals surface area contributed by atoms with Crippen LogP contribution in [0.5, 0.6) is 11.5 Å². The Morgan fingerprint density at radius 1 is 1.47 bits per heavy atom. The Bertz CT molecular complexity index is 561. The maximum atomic E-state index is 10.7. The number of nitrogens with zero attached hydrogens (tertiary/aromatic N) is 1. The lowest BCUT2D eigenvalue weighted by atomic mass is 10.1. The molecule has 0 spiro atoms. The molecule has 0 saturated carbocycles. The average Bonchev–Trinajstić information content (AvgIpc) is 2.77. The third-order valence-electron chi connectivity index (χ3n) is 2.20. The van der Waals surface area contributed by atoms with Gasteiger partial charge >= 0.3 is 5.97 Å². The summed E-state index contributed by atoms with van der Waals surface area (Å²) in [5.41, 5.74) is 0.503. The lowest BCUT2D eigenvalue weighted by molar-refractivity contribution is 0.0652. The molecular formula is C11H9NO5. The minimum absolute atomic E-state index is 0.0606. The number of rotatable bonds is 3. The lowest BCUT2D eigenvalue weighted by Gasteiger charge is -2.06. The quantitative estimate of drug-likeness (QED) is 0.841. The Kier molecular flexibility index (Phi) is 2.70. The molecule has 6 nitrogen and oxygen atoms in total. The Morgan fingerprint density at radius 3 is 2.82 bits per heavy atom. The van der Waals surface area contributed by atoms with Gasteiger partial charge in [-0.05, 0) is 12.1 Å². The van der Waals surface area contributed by atoms with Crippen molar-refractivity contribution in [3.63, 3.8) is 0 Å². The Hall–Kier alpha value is -2.50. The van der Waals surface area contributed by atoms with Gasteiger partial charge < -0.3 is 19.5 Å². The van der Waals surface area contributed by atoms with E-state index in [1.807, 2.05) is 0 Å². The zero-order chi connectivity index (χ0) is 12.4. The molecule has 17 heavy (non-hydrogen) atoms. The maximum Gasteiger partial charge on any atom is 0.374 e. The number of carboxylic acid groups (broad SMARTS) is 1. The van der Waals surface area contributed by atoms with E-state index in [0.29, 0.717) is 11.3 Å². The Morgan fingerprint density at radius 2 is 2.24 bits per heavy atom. The molecule has 0 aliphatic carbocycles. The molecule has 0 aliphatic heterocycles. The molecule has 6 heteroatoms. The number of aromatic carboxylic acids is 1. The van der Waals surface area contributed by atoms with Crippen LogP contribution in [0.15, 0.2) is 28.8 Å². The number of carbonyl (C=O) groups is 1. The minimum atomic E-state index is -1.22. The monoisotopic (exact) mass is 235 g/mol. The van der Waals surface area contributed by atoms with Crippen LogP contribution in [0.2, 0.25) is 0 Å². The van der Waals surface area contributed by atoms with Crippen molar-refractivity contribution < 1.29 is 24.3 Å². The van der Waals surface area contributed by atoms with Crippen LogP contribution in [0.25, 0.3) is 11.3 Å². The SMILES string of the molecule is COc1cccc(O)c1-c1cc(C(=O)O)on1.